The molecule has 0 bridgehead atoms. The van der Waals surface area contributed by atoms with Crippen molar-refractivity contribution >= 4 is 45.0 Å². The number of pyridine rings is 1. The molecule has 1 aliphatic heterocycles. The van der Waals surface area contributed by atoms with Crippen LogP contribution in [0.3, 0.4) is 0 Å². The van der Waals surface area contributed by atoms with Gasteiger partial charge >= 0.3 is 0 Å². The zero-order chi connectivity index (χ0) is 18.8. The van der Waals surface area contributed by atoms with Crippen LogP contribution in [0, 0.1) is 0 Å². The lowest BCUT2D eigenvalue weighted by molar-refractivity contribution is -0.132. The number of fused-ring (bicyclic) bond motifs is 1. The second-order valence-electron chi connectivity index (χ2n) is 6.38. The molecule has 2 aromatic heterocycles. The standard InChI is InChI=1S/C18H22N4O3S/c1-10(23)20-15-12-7-8-13(14-6-4-5-9-22(14)11(2)24)21-18(12)26-16(15)17(25)19-3/h7-8,14H,4-6,9H2,1-3H3,(H,19,25)(H,20,23)/t14-/m0/s1. The van der Waals surface area contributed by atoms with Gasteiger partial charge in [0.05, 0.1) is 17.4 Å². The largest absolute Gasteiger partial charge is 0.354 e. The highest BCUT2D eigenvalue weighted by atomic mass is 32.1. The number of hydrogen-bond donors (Lipinski definition) is 2. The fourth-order valence-electron chi connectivity index (χ4n) is 3.37. The van der Waals surface area contributed by atoms with Crippen LogP contribution >= 0.6 is 11.3 Å². The van der Waals surface area contributed by atoms with Gasteiger partial charge in [0.1, 0.15) is 9.71 Å². The Morgan fingerprint density at radius 3 is 2.65 bits per heavy atom. The van der Waals surface area contributed by atoms with Crippen molar-refractivity contribution in [2.75, 3.05) is 18.9 Å². The highest BCUT2D eigenvalue weighted by Gasteiger charge is 2.28. The summed E-state index contributed by atoms with van der Waals surface area (Å²) in [6.45, 7) is 3.73. The van der Waals surface area contributed by atoms with E-state index in [0.29, 0.717) is 15.4 Å². The number of thiophene rings is 1. The number of aromatic nitrogens is 1. The number of hydrogen-bond acceptors (Lipinski definition) is 5. The number of piperidine rings is 1. The molecule has 138 valence electrons. The summed E-state index contributed by atoms with van der Waals surface area (Å²) < 4.78 is 0. The van der Waals surface area contributed by atoms with Crippen molar-refractivity contribution in [2.45, 2.75) is 39.2 Å². The Kier molecular flexibility index (Phi) is 5.22. The van der Waals surface area contributed by atoms with Gasteiger partial charge < -0.3 is 15.5 Å². The topological polar surface area (TPSA) is 91.4 Å². The number of carbonyl (C=O) groups is 3. The maximum absolute atomic E-state index is 12.2. The summed E-state index contributed by atoms with van der Waals surface area (Å²) in [6, 6.07) is 3.72. The van der Waals surface area contributed by atoms with Crippen LogP contribution in [-0.2, 0) is 9.59 Å². The molecule has 0 unspecified atom stereocenters. The molecule has 1 fully saturated rings. The highest BCUT2D eigenvalue weighted by molar-refractivity contribution is 7.21. The van der Waals surface area contributed by atoms with Crippen LogP contribution in [0.1, 0.15) is 54.5 Å². The Hall–Kier alpha value is -2.48. The normalized spacial score (nSPS) is 17.2. The number of rotatable bonds is 3. The van der Waals surface area contributed by atoms with Crippen LogP contribution < -0.4 is 10.6 Å². The number of amides is 3. The summed E-state index contributed by atoms with van der Waals surface area (Å²) >= 11 is 1.25. The number of carbonyl (C=O) groups excluding carboxylic acids is 3. The molecule has 3 heterocycles. The number of nitrogens with one attached hydrogen (secondary N) is 2. The molecule has 0 spiro atoms. The minimum Gasteiger partial charge on any atom is -0.354 e. The van der Waals surface area contributed by atoms with Gasteiger partial charge in [0.2, 0.25) is 11.8 Å². The predicted molar refractivity (Wildman–Crippen MR) is 101 cm³/mol. The lowest BCUT2D eigenvalue weighted by atomic mass is 9.98. The minimum atomic E-state index is -0.263. The van der Waals surface area contributed by atoms with Crippen molar-refractivity contribution in [2.24, 2.45) is 0 Å². The molecule has 2 N–H and O–H groups in total. The second kappa shape index (κ2) is 7.41. The Labute approximate surface area is 155 Å². The predicted octanol–water partition coefficient (Wildman–Crippen LogP) is 2.69. The lowest BCUT2D eigenvalue weighted by Crippen LogP contribution is -2.37. The molecule has 3 amide bonds. The van der Waals surface area contributed by atoms with Crippen molar-refractivity contribution in [1.82, 2.24) is 15.2 Å². The van der Waals surface area contributed by atoms with Crippen molar-refractivity contribution < 1.29 is 14.4 Å². The summed E-state index contributed by atoms with van der Waals surface area (Å²) in [5, 5.41) is 6.07. The molecule has 26 heavy (non-hydrogen) atoms. The summed E-state index contributed by atoms with van der Waals surface area (Å²) in [5.41, 5.74) is 1.31. The molecule has 3 rings (SSSR count). The molecule has 0 saturated carbocycles. The summed E-state index contributed by atoms with van der Waals surface area (Å²) in [4.78, 5) is 43.4. The Morgan fingerprint density at radius 1 is 1.23 bits per heavy atom. The van der Waals surface area contributed by atoms with Crippen molar-refractivity contribution in [3.63, 3.8) is 0 Å². The third-order valence-corrected chi connectivity index (χ3v) is 5.66. The van der Waals surface area contributed by atoms with E-state index in [0.717, 1.165) is 36.9 Å². The van der Waals surface area contributed by atoms with Gasteiger partial charge in [-0.1, -0.05) is 0 Å². The summed E-state index contributed by atoms with van der Waals surface area (Å²) in [5.74, 6) is -0.456. The van der Waals surface area contributed by atoms with E-state index in [-0.39, 0.29) is 23.8 Å². The van der Waals surface area contributed by atoms with E-state index in [1.54, 1.807) is 14.0 Å². The van der Waals surface area contributed by atoms with Crippen LogP contribution in [0.4, 0.5) is 5.69 Å². The monoisotopic (exact) mass is 374 g/mol. The molecule has 7 nitrogen and oxygen atoms in total. The van der Waals surface area contributed by atoms with Crippen molar-refractivity contribution in [3.05, 3.63) is 22.7 Å². The summed E-state index contributed by atoms with van der Waals surface area (Å²) in [7, 11) is 1.55. The molecular weight excluding hydrogens is 352 g/mol. The first-order valence-electron chi connectivity index (χ1n) is 8.62. The number of nitrogens with zero attached hydrogens (tertiary/aromatic N) is 2. The molecule has 0 aromatic carbocycles. The highest BCUT2D eigenvalue weighted by Crippen LogP contribution is 2.37. The molecule has 0 radical (unpaired) electrons. The van der Waals surface area contributed by atoms with Gasteiger partial charge in [-0.05, 0) is 31.4 Å². The zero-order valence-electron chi connectivity index (χ0n) is 15.1. The first-order chi connectivity index (χ1) is 12.4. The van der Waals surface area contributed by atoms with Crippen LogP contribution in [0.2, 0.25) is 0 Å². The van der Waals surface area contributed by atoms with Crippen LogP contribution in [0.15, 0.2) is 12.1 Å². The third-order valence-electron chi connectivity index (χ3n) is 4.56. The van der Waals surface area contributed by atoms with Gasteiger partial charge in [0.15, 0.2) is 0 Å². The van der Waals surface area contributed by atoms with E-state index in [9.17, 15) is 14.4 Å². The van der Waals surface area contributed by atoms with Gasteiger partial charge in [-0.2, -0.15) is 0 Å². The second-order valence-corrected chi connectivity index (χ2v) is 7.38. The molecule has 8 heteroatoms. The first-order valence-corrected chi connectivity index (χ1v) is 9.44. The van der Waals surface area contributed by atoms with Gasteiger partial charge in [0.25, 0.3) is 5.91 Å². The average Bonchev–Trinajstić information content (AvgIpc) is 2.98. The van der Waals surface area contributed by atoms with Crippen molar-refractivity contribution in [3.8, 4) is 0 Å². The van der Waals surface area contributed by atoms with Gasteiger partial charge in [-0.15, -0.1) is 11.3 Å². The SMILES string of the molecule is CNC(=O)c1sc2nc([C@@H]3CCCCN3C(C)=O)ccc2c1NC(C)=O. The van der Waals surface area contributed by atoms with Crippen LogP contribution in [0.5, 0.6) is 0 Å². The van der Waals surface area contributed by atoms with Crippen LogP contribution in [0.25, 0.3) is 10.2 Å². The van der Waals surface area contributed by atoms with Crippen LogP contribution in [-0.4, -0.2) is 41.2 Å². The smallest absolute Gasteiger partial charge is 0.263 e. The molecule has 0 aliphatic carbocycles. The van der Waals surface area contributed by atoms with E-state index in [2.05, 4.69) is 10.6 Å². The van der Waals surface area contributed by atoms with E-state index in [4.69, 9.17) is 4.98 Å². The van der Waals surface area contributed by atoms with Crippen molar-refractivity contribution in [1.29, 1.82) is 0 Å². The molecule has 1 saturated heterocycles. The Bertz CT molecular complexity index is 877. The third kappa shape index (κ3) is 3.41. The first kappa shape index (κ1) is 18.3. The molecule has 2 aromatic rings. The van der Waals surface area contributed by atoms with Gasteiger partial charge in [0, 0.05) is 32.8 Å². The lowest BCUT2D eigenvalue weighted by Gasteiger charge is -2.34. The molecule has 1 aliphatic rings. The maximum Gasteiger partial charge on any atom is 0.263 e. The van der Waals surface area contributed by atoms with E-state index in [1.165, 1.54) is 18.3 Å². The zero-order valence-corrected chi connectivity index (χ0v) is 15.9. The van der Waals surface area contributed by atoms with Gasteiger partial charge in [-0.3, -0.25) is 14.4 Å². The Morgan fingerprint density at radius 2 is 2.00 bits per heavy atom. The van der Waals surface area contributed by atoms with E-state index < -0.39 is 0 Å². The van der Waals surface area contributed by atoms with E-state index in [1.807, 2.05) is 17.0 Å². The fourth-order valence-corrected chi connectivity index (χ4v) is 4.45. The van der Waals surface area contributed by atoms with Gasteiger partial charge in [-0.25, -0.2) is 4.98 Å². The number of likely N-dealkylation sites (tertiary alicyclic amines) is 1. The van der Waals surface area contributed by atoms with E-state index >= 15 is 0 Å². The Balaban J connectivity index is 2.07. The average molecular weight is 374 g/mol. The quantitative estimate of drug-likeness (QED) is 0.864. The molecular formula is C18H22N4O3S. The maximum atomic E-state index is 12.2. The number of anilines is 1. The minimum absolute atomic E-state index is 0.0413. The molecule has 1 atom stereocenters. The summed E-state index contributed by atoms with van der Waals surface area (Å²) in [6.07, 6.45) is 2.94. The fraction of sp³-hybridized carbons (Fsp3) is 0.444.